The molecule has 0 saturated carbocycles. The molecule has 2 aromatic rings. The quantitative estimate of drug-likeness (QED) is 0.766. The highest BCUT2D eigenvalue weighted by atomic mass is 16.5. The Labute approximate surface area is 86.6 Å². The molecular weight excluding hydrogens is 192 g/mol. The SMILES string of the molecule is Nc1cc(-c2cccc3c2OCC3)on1. The minimum atomic E-state index is 0.389. The minimum Gasteiger partial charge on any atom is -0.492 e. The van der Waals surface area contributed by atoms with Gasteiger partial charge in [-0.3, -0.25) is 0 Å². The number of rotatable bonds is 1. The first-order valence-electron chi connectivity index (χ1n) is 4.82. The fourth-order valence-corrected chi connectivity index (χ4v) is 1.83. The predicted octanol–water partition coefficient (Wildman–Crippen LogP) is 1.86. The van der Waals surface area contributed by atoms with Crippen molar-refractivity contribution in [3.8, 4) is 17.1 Å². The summed E-state index contributed by atoms with van der Waals surface area (Å²) in [6.45, 7) is 0.732. The molecule has 0 atom stereocenters. The normalized spacial score (nSPS) is 13.6. The first-order valence-corrected chi connectivity index (χ1v) is 4.82. The van der Waals surface area contributed by atoms with Crippen LogP contribution in [-0.4, -0.2) is 11.8 Å². The maximum Gasteiger partial charge on any atom is 0.172 e. The van der Waals surface area contributed by atoms with Crippen molar-refractivity contribution in [2.24, 2.45) is 0 Å². The molecule has 1 aromatic heterocycles. The van der Waals surface area contributed by atoms with Crippen LogP contribution in [0.25, 0.3) is 11.3 Å². The monoisotopic (exact) mass is 202 g/mol. The molecule has 0 fully saturated rings. The van der Waals surface area contributed by atoms with E-state index in [-0.39, 0.29) is 0 Å². The van der Waals surface area contributed by atoms with Crippen molar-refractivity contribution < 1.29 is 9.26 Å². The Morgan fingerprint density at radius 1 is 1.33 bits per heavy atom. The van der Waals surface area contributed by atoms with Crippen LogP contribution >= 0.6 is 0 Å². The van der Waals surface area contributed by atoms with E-state index in [1.54, 1.807) is 6.07 Å². The number of nitrogens with zero attached hydrogens (tertiary/aromatic N) is 1. The number of hydrogen-bond donors (Lipinski definition) is 1. The summed E-state index contributed by atoms with van der Waals surface area (Å²) < 4.78 is 10.7. The van der Waals surface area contributed by atoms with Crippen molar-refractivity contribution >= 4 is 5.82 Å². The number of benzene rings is 1. The van der Waals surface area contributed by atoms with Crippen molar-refractivity contribution in [2.75, 3.05) is 12.3 Å². The van der Waals surface area contributed by atoms with Gasteiger partial charge in [0.1, 0.15) is 5.75 Å². The molecule has 1 aromatic carbocycles. The van der Waals surface area contributed by atoms with Crippen molar-refractivity contribution in [3.05, 3.63) is 29.8 Å². The van der Waals surface area contributed by atoms with E-state index in [4.69, 9.17) is 15.0 Å². The van der Waals surface area contributed by atoms with Gasteiger partial charge in [0.2, 0.25) is 0 Å². The fraction of sp³-hybridized carbons (Fsp3) is 0.182. The molecule has 1 aliphatic rings. The highest BCUT2D eigenvalue weighted by molar-refractivity contribution is 5.70. The predicted molar refractivity (Wildman–Crippen MR) is 55.6 cm³/mol. The Morgan fingerprint density at radius 2 is 2.27 bits per heavy atom. The molecular formula is C11H10N2O2. The molecule has 4 heteroatoms. The third kappa shape index (κ3) is 1.26. The van der Waals surface area contributed by atoms with E-state index in [1.165, 1.54) is 5.56 Å². The zero-order chi connectivity index (χ0) is 10.3. The topological polar surface area (TPSA) is 61.3 Å². The largest absolute Gasteiger partial charge is 0.492 e. The van der Waals surface area contributed by atoms with Crippen molar-refractivity contribution in [2.45, 2.75) is 6.42 Å². The summed E-state index contributed by atoms with van der Waals surface area (Å²) in [5, 5.41) is 3.67. The van der Waals surface area contributed by atoms with Crippen LogP contribution in [0.2, 0.25) is 0 Å². The van der Waals surface area contributed by atoms with Crippen molar-refractivity contribution in [1.29, 1.82) is 0 Å². The van der Waals surface area contributed by atoms with Crippen LogP contribution in [0.1, 0.15) is 5.56 Å². The Bertz CT molecular complexity index is 505. The van der Waals surface area contributed by atoms with Crippen LogP contribution in [0.3, 0.4) is 0 Å². The molecule has 2 N–H and O–H groups in total. The Hall–Kier alpha value is -1.97. The summed E-state index contributed by atoms with van der Waals surface area (Å²) >= 11 is 0. The van der Waals surface area contributed by atoms with Crippen LogP contribution < -0.4 is 10.5 Å². The number of anilines is 1. The lowest BCUT2D eigenvalue weighted by molar-refractivity contribution is 0.355. The van der Waals surface area contributed by atoms with Crippen molar-refractivity contribution in [3.63, 3.8) is 0 Å². The number of ether oxygens (including phenoxy) is 1. The molecule has 76 valence electrons. The summed E-state index contributed by atoms with van der Waals surface area (Å²) in [5.74, 6) is 1.94. The summed E-state index contributed by atoms with van der Waals surface area (Å²) in [5.41, 5.74) is 7.65. The van der Waals surface area contributed by atoms with Gasteiger partial charge in [-0.1, -0.05) is 17.3 Å². The molecule has 0 radical (unpaired) electrons. The summed E-state index contributed by atoms with van der Waals surface area (Å²) in [6, 6.07) is 7.70. The van der Waals surface area contributed by atoms with Gasteiger partial charge in [0.05, 0.1) is 12.2 Å². The Kier molecular flexibility index (Phi) is 1.68. The molecule has 3 rings (SSSR count). The van der Waals surface area contributed by atoms with Crippen LogP contribution in [0.15, 0.2) is 28.8 Å². The van der Waals surface area contributed by atoms with Gasteiger partial charge in [-0.05, 0) is 11.6 Å². The number of nitrogens with two attached hydrogens (primary N) is 1. The third-order valence-corrected chi connectivity index (χ3v) is 2.51. The summed E-state index contributed by atoms with van der Waals surface area (Å²) in [6.07, 6.45) is 0.951. The molecule has 0 bridgehead atoms. The van der Waals surface area contributed by atoms with Gasteiger partial charge in [-0.2, -0.15) is 0 Å². The number of nitrogen functional groups attached to an aromatic ring is 1. The number of para-hydroxylation sites is 1. The zero-order valence-electron chi connectivity index (χ0n) is 8.06. The average molecular weight is 202 g/mol. The fourth-order valence-electron chi connectivity index (χ4n) is 1.83. The van der Waals surface area contributed by atoms with E-state index in [9.17, 15) is 0 Å². The summed E-state index contributed by atoms with van der Waals surface area (Å²) in [7, 11) is 0. The molecule has 0 spiro atoms. The van der Waals surface area contributed by atoms with Crippen LogP contribution in [0.4, 0.5) is 5.82 Å². The highest BCUT2D eigenvalue weighted by Gasteiger charge is 2.19. The highest BCUT2D eigenvalue weighted by Crippen LogP contribution is 2.36. The summed E-state index contributed by atoms with van der Waals surface area (Å²) in [4.78, 5) is 0. The second-order valence-corrected chi connectivity index (χ2v) is 3.51. The van der Waals surface area contributed by atoms with Gasteiger partial charge in [0.15, 0.2) is 11.6 Å². The van der Waals surface area contributed by atoms with E-state index >= 15 is 0 Å². The molecule has 0 saturated heterocycles. The minimum absolute atomic E-state index is 0.389. The molecule has 4 nitrogen and oxygen atoms in total. The van der Waals surface area contributed by atoms with Gasteiger partial charge < -0.3 is 15.0 Å². The Balaban J connectivity index is 2.16. The number of hydrogen-bond acceptors (Lipinski definition) is 4. The first-order chi connectivity index (χ1) is 7.34. The molecule has 15 heavy (non-hydrogen) atoms. The van der Waals surface area contributed by atoms with Gasteiger partial charge >= 0.3 is 0 Å². The molecule has 0 unspecified atom stereocenters. The van der Waals surface area contributed by atoms with E-state index in [2.05, 4.69) is 11.2 Å². The Morgan fingerprint density at radius 3 is 3.07 bits per heavy atom. The van der Waals surface area contributed by atoms with Gasteiger partial charge in [0.25, 0.3) is 0 Å². The van der Waals surface area contributed by atoms with Crippen LogP contribution in [-0.2, 0) is 6.42 Å². The van der Waals surface area contributed by atoms with E-state index in [0.29, 0.717) is 11.6 Å². The first kappa shape index (κ1) is 8.35. The number of aromatic nitrogens is 1. The maximum atomic E-state index is 5.56. The lowest BCUT2D eigenvalue weighted by Gasteiger charge is -2.03. The van der Waals surface area contributed by atoms with Gasteiger partial charge in [0, 0.05) is 12.5 Å². The smallest absolute Gasteiger partial charge is 0.172 e. The maximum absolute atomic E-state index is 5.56. The average Bonchev–Trinajstić information content (AvgIpc) is 2.84. The van der Waals surface area contributed by atoms with E-state index in [0.717, 1.165) is 24.3 Å². The lowest BCUT2D eigenvalue weighted by Crippen LogP contribution is -1.88. The molecule has 0 amide bonds. The second-order valence-electron chi connectivity index (χ2n) is 3.51. The van der Waals surface area contributed by atoms with Gasteiger partial charge in [-0.25, -0.2) is 0 Å². The number of fused-ring (bicyclic) bond motifs is 1. The van der Waals surface area contributed by atoms with Gasteiger partial charge in [-0.15, -0.1) is 0 Å². The van der Waals surface area contributed by atoms with Crippen LogP contribution in [0.5, 0.6) is 5.75 Å². The standard InChI is InChI=1S/C11H10N2O2/c12-10-6-9(15-13-10)8-3-1-2-7-4-5-14-11(7)8/h1-3,6H,4-5H2,(H2,12,13). The van der Waals surface area contributed by atoms with Crippen molar-refractivity contribution in [1.82, 2.24) is 5.16 Å². The van der Waals surface area contributed by atoms with E-state index < -0.39 is 0 Å². The van der Waals surface area contributed by atoms with E-state index in [1.807, 2.05) is 12.1 Å². The molecule has 2 heterocycles. The molecule has 1 aliphatic heterocycles. The third-order valence-electron chi connectivity index (χ3n) is 2.51. The second kappa shape index (κ2) is 3.02. The lowest BCUT2D eigenvalue weighted by atomic mass is 10.1. The molecule has 0 aliphatic carbocycles. The van der Waals surface area contributed by atoms with Crippen LogP contribution in [0, 0.1) is 0 Å². The zero-order valence-corrected chi connectivity index (χ0v) is 8.06.